The number of aromatic nitrogens is 2. The van der Waals surface area contributed by atoms with Gasteiger partial charge in [0.05, 0.1) is 11.8 Å². The molecule has 0 atom stereocenters. The molecular formula is C11H9FN4OS. The lowest BCUT2D eigenvalue weighted by Crippen LogP contribution is -2.14. The monoisotopic (exact) mass is 264 g/mol. The number of carbonyl (C=O) groups excluding carboxylic acids is 1. The number of thiocarbonyl (C=S) groups is 1. The van der Waals surface area contributed by atoms with E-state index < -0.39 is 5.82 Å². The second-order valence-corrected chi connectivity index (χ2v) is 3.94. The molecule has 0 aliphatic carbocycles. The van der Waals surface area contributed by atoms with Crippen molar-refractivity contribution in [2.45, 2.75) is 0 Å². The maximum absolute atomic E-state index is 13.3. The molecule has 4 N–H and O–H groups in total. The lowest BCUT2D eigenvalue weighted by atomic mass is 10.2. The third kappa shape index (κ3) is 2.51. The highest BCUT2D eigenvalue weighted by Gasteiger charge is 2.10. The van der Waals surface area contributed by atoms with Gasteiger partial charge in [-0.05, 0) is 18.2 Å². The lowest BCUT2D eigenvalue weighted by molar-refractivity contribution is 0.102. The summed E-state index contributed by atoms with van der Waals surface area (Å²) in [6.45, 7) is 0. The maximum atomic E-state index is 13.3. The summed E-state index contributed by atoms with van der Waals surface area (Å²) < 4.78 is 13.3. The number of hydrogen-bond acceptors (Lipinski definition) is 3. The number of carbonyl (C=O) groups is 1. The van der Waals surface area contributed by atoms with Gasteiger partial charge in [0.15, 0.2) is 0 Å². The van der Waals surface area contributed by atoms with Crippen molar-refractivity contribution in [2.75, 3.05) is 5.32 Å². The van der Waals surface area contributed by atoms with Gasteiger partial charge in [-0.2, -0.15) is 5.10 Å². The van der Waals surface area contributed by atoms with Gasteiger partial charge in [0.25, 0.3) is 5.91 Å². The van der Waals surface area contributed by atoms with Gasteiger partial charge in [-0.1, -0.05) is 12.2 Å². The maximum Gasteiger partial charge on any atom is 0.258 e. The molecule has 5 nitrogen and oxygen atoms in total. The summed E-state index contributed by atoms with van der Waals surface area (Å²) in [7, 11) is 0. The molecule has 0 bridgehead atoms. The first kappa shape index (κ1) is 12.2. The van der Waals surface area contributed by atoms with Crippen molar-refractivity contribution in [3.63, 3.8) is 0 Å². The average Bonchev–Trinajstić information content (AvgIpc) is 2.85. The van der Waals surface area contributed by atoms with Gasteiger partial charge in [0.2, 0.25) is 0 Å². The molecular weight excluding hydrogens is 255 g/mol. The summed E-state index contributed by atoms with van der Waals surface area (Å²) >= 11 is 4.71. The molecule has 1 heterocycles. The molecule has 2 aromatic rings. The second-order valence-electron chi connectivity index (χ2n) is 3.50. The first-order valence-electron chi connectivity index (χ1n) is 4.97. The zero-order valence-electron chi connectivity index (χ0n) is 9.11. The molecule has 1 aromatic heterocycles. The highest BCUT2D eigenvalue weighted by atomic mass is 32.1. The molecule has 1 amide bonds. The minimum Gasteiger partial charge on any atom is -0.389 e. The van der Waals surface area contributed by atoms with Gasteiger partial charge in [-0.25, -0.2) is 4.39 Å². The highest BCUT2D eigenvalue weighted by Crippen LogP contribution is 2.15. The molecule has 0 spiro atoms. The predicted molar refractivity (Wildman–Crippen MR) is 68.8 cm³/mol. The molecule has 0 fully saturated rings. The van der Waals surface area contributed by atoms with Crippen molar-refractivity contribution in [1.29, 1.82) is 0 Å². The van der Waals surface area contributed by atoms with E-state index in [1.54, 1.807) is 0 Å². The number of hydrogen-bond donors (Lipinski definition) is 3. The van der Waals surface area contributed by atoms with Gasteiger partial charge in [0, 0.05) is 17.4 Å². The average molecular weight is 264 g/mol. The number of amides is 1. The molecule has 18 heavy (non-hydrogen) atoms. The molecule has 0 aliphatic heterocycles. The van der Waals surface area contributed by atoms with Gasteiger partial charge >= 0.3 is 0 Å². The summed E-state index contributed by atoms with van der Waals surface area (Å²) in [6, 6.07) is 4.00. The minimum absolute atomic E-state index is 0.0630. The van der Waals surface area contributed by atoms with Crippen LogP contribution in [-0.4, -0.2) is 21.1 Å². The first-order chi connectivity index (χ1) is 8.58. The molecule has 0 aliphatic rings. The topological polar surface area (TPSA) is 83.8 Å². The van der Waals surface area contributed by atoms with Crippen LogP contribution in [0.1, 0.15) is 15.9 Å². The number of halogens is 1. The minimum atomic E-state index is -0.524. The summed E-state index contributed by atoms with van der Waals surface area (Å²) in [5, 5.41) is 8.77. The Kier molecular flexibility index (Phi) is 3.33. The Morgan fingerprint density at radius 2 is 2.28 bits per heavy atom. The number of nitrogens with two attached hydrogens (primary N) is 1. The van der Waals surface area contributed by atoms with Crippen LogP contribution in [0.15, 0.2) is 30.6 Å². The van der Waals surface area contributed by atoms with Gasteiger partial charge in [-0.15, -0.1) is 0 Å². The smallest absolute Gasteiger partial charge is 0.258 e. The second kappa shape index (κ2) is 4.92. The van der Waals surface area contributed by atoms with Gasteiger partial charge in [0.1, 0.15) is 10.8 Å². The molecule has 7 heteroatoms. The molecule has 0 radical (unpaired) electrons. The normalized spacial score (nSPS) is 10.1. The zero-order valence-corrected chi connectivity index (χ0v) is 9.92. The number of nitrogens with one attached hydrogen (secondary N) is 2. The lowest BCUT2D eigenvalue weighted by Gasteiger charge is -2.06. The number of nitrogens with zero attached hydrogens (tertiary/aromatic N) is 1. The third-order valence-electron chi connectivity index (χ3n) is 2.25. The van der Waals surface area contributed by atoms with Gasteiger partial charge in [-0.3, -0.25) is 9.89 Å². The van der Waals surface area contributed by atoms with Crippen LogP contribution in [0.4, 0.5) is 10.1 Å². The third-order valence-corrected chi connectivity index (χ3v) is 2.47. The highest BCUT2D eigenvalue weighted by molar-refractivity contribution is 7.80. The van der Waals surface area contributed by atoms with Crippen molar-refractivity contribution >= 4 is 28.8 Å². The predicted octanol–water partition coefficient (Wildman–Crippen LogP) is 1.44. The van der Waals surface area contributed by atoms with Crippen molar-refractivity contribution in [1.82, 2.24) is 10.2 Å². The number of anilines is 1. The number of aromatic amines is 1. The van der Waals surface area contributed by atoms with E-state index in [4.69, 9.17) is 18.0 Å². The van der Waals surface area contributed by atoms with Crippen molar-refractivity contribution in [2.24, 2.45) is 5.73 Å². The molecule has 1 aromatic carbocycles. The zero-order chi connectivity index (χ0) is 13.1. The van der Waals surface area contributed by atoms with E-state index in [1.807, 2.05) is 0 Å². The summed E-state index contributed by atoms with van der Waals surface area (Å²) in [5.41, 5.74) is 6.24. The van der Waals surface area contributed by atoms with Crippen LogP contribution >= 0.6 is 12.2 Å². The Labute approximate surface area is 107 Å². The number of H-pyrrole nitrogens is 1. The van der Waals surface area contributed by atoms with E-state index in [0.717, 1.165) is 0 Å². The van der Waals surface area contributed by atoms with Crippen molar-refractivity contribution in [3.05, 3.63) is 47.5 Å². The van der Waals surface area contributed by atoms with E-state index in [1.165, 1.54) is 30.6 Å². The van der Waals surface area contributed by atoms with Crippen LogP contribution in [0.5, 0.6) is 0 Å². The van der Waals surface area contributed by atoms with Crippen LogP contribution in [0.3, 0.4) is 0 Å². The van der Waals surface area contributed by atoms with Crippen LogP contribution in [0.25, 0.3) is 0 Å². The van der Waals surface area contributed by atoms with E-state index in [2.05, 4.69) is 15.5 Å². The number of benzene rings is 1. The largest absolute Gasteiger partial charge is 0.389 e. The summed E-state index contributed by atoms with van der Waals surface area (Å²) in [6.07, 6.45) is 2.83. The quantitative estimate of drug-likeness (QED) is 0.732. The molecule has 0 saturated heterocycles. The molecule has 92 valence electrons. The Bertz CT molecular complexity index is 597. The Balaban J connectivity index is 2.22. The Morgan fingerprint density at radius 1 is 1.50 bits per heavy atom. The van der Waals surface area contributed by atoms with Crippen molar-refractivity contribution in [3.8, 4) is 0 Å². The van der Waals surface area contributed by atoms with Crippen molar-refractivity contribution < 1.29 is 9.18 Å². The molecule has 0 unspecified atom stereocenters. The Hall–Kier alpha value is -2.28. The summed E-state index contributed by atoms with van der Waals surface area (Å²) in [5.74, 6) is -0.881. The van der Waals surface area contributed by atoms with E-state index in [9.17, 15) is 9.18 Å². The Morgan fingerprint density at radius 3 is 2.89 bits per heavy atom. The molecule has 2 rings (SSSR count). The van der Waals surface area contributed by atoms with Crippen LogP contribution in [0.2, 0.25) is 0 Å². The van der Waals surface area contributed by atoms with Gasteiger partial charge < -0.3 is 11.1 Å². The van der Waals surface area contributed by atoms with E-state index in [0.29, 0.717) is 11.3 Å². The SMILES string of the molecule is NC(=S)c1cc(NC(=O)c2cn[nH]c2)ccc1F. The van der Waals surface area contributed by atoms with Crippen LogP contribution < -0.4 is 11.1 Å². The van der Waals surface area contributed by atoms with E-state index in [-0.39, 0.29) is 16.5 Å². The van der Waals surface area contributed by atoms with Crippen LogP contribution in [-0.2, 0) is 0 Å². The fourth-order valence-electron chi connectivity index (χ4n) is 1.37. The van der Waals surface area contributed by atoms with Crippen LogP contribution in [0, 0.1) is 5.82 Å². The molecule has 0 saturated carbocycles. The number of rotatable bonds is 3. The first-order valence-corrected chi connectivity index (χ1v) is 5.38. The standard InChI is InChI=1S/C11H9FN4OS/c12-9-2-1-7(3-8(9)10(13)18)16-11(17)6-4-14-15-5-6/h1-5H,(H2,13,18)(H,14,15)(H,16,17). The summed E-state index contributed by atoms with van der Waals surface area (Å²) in [4.78, 5) is 11.6. The fourth-order valence-corrected chi connectivity index (χ4v) is 1.53. The van der Waals surface area contributed by atoms with E-state index >= 15 is 0 Å². The fraction of sp³-hybridized carbons (Fsp3) is 0.